The molecule has 1 heterocycles. The Morgan fingerprint density at radius 3 is 2.58 bits per heavy atom. The van der Waals surface area contributed by atoms with Crippen molar-refractivity contribution in [3.05, 3.63) is 92.9 Å². The zero-order valence-electron chi connectivity index (χ0n) is 17.9. The Balaban J connectivity index is 1.76. The number of nitrogens with one attached hydrogen (secondary N) is 1. The quantitative estimate of drug-likeness (QED) is 0.415. The number of benzene rings is 3. The first-order chi connectivity index (χ1) is 15.8. The number of phenolic OH excluding ortho intramolecular Hbond substituents is 2. The minimum Gasteiger partial charge on any atom is -0.507 e. The summed E-state index contributed by atoms with van der Waals surface area (Å²) >= 11 is 6.03. The average molecular weight is 465 g/mol. The van der Waals surface area contributed by atoms with E-state index in [9.17, 15) is 19.8 Å². The van der Waals surface area contributed by atoms with E-state index < -0.39 is 11.6 Å². The molecule has 33 heavy (non-hydrogen) atoms. The van der Waals surface area contributed by atoms with E-state index in [1.54, 1.807) is 37.4 Å². The third kappa shape index (κ3) is 4.33. The number of carbonyl (C=O) groups is 1. The number of aryl methyl sites for hydroxylation is 1. The van der Waals surface area contributed by atoms with E-state index in [4.69, 9.17) is 11.6 Å². The van der Waals surface area contributed by atoms with Gasteiger partial charge in [0.25, 0.3) is 5.91 Å². The van der Waals surface area contributed by atoms with Crippen LogP contribution in [0, 0.1) is 6.92 Å². The molecule has 0 fully saturated rings. The predicted octanol–water partition coefficient (Wildman–Crippen LogP) is 3.87. The number of amides is 1. The number of nitrogens with zero attached hydrogens (tertiary/aromatic N) is 3. The van der Waals surface area contributed by atoms with E-state index >= 15 is 0 Å². The van der Waals surface area contributed by atoms with Crippen LogP contribution < -0.4 is 5.69 Å². The van der Waals surface area contributed by atoms with Crippen LogP contribution in [-0.2, 0) is 6.54 Å². The zero-order chi connectivity index (χ0) is 23.7. The SMILES string of the molecule is Cc1ccccc1-n1c(-c2cc(C(=O)N(C)Cc3cccc(Cl)c3)c(O)cc2O)n[nH]c1=O. The van der Waals surface area contributed by atoms with Crippen LogP contribution in [0.5, 0.6) is 11.5 Å². The fourth-order valence-electron chi connectivity index (χ4n) is 3.63. The molecule has 168 valence electrons. The highest BCUT2D eigenvalue weighted by molar-refractivity contribution is 6.30. The summed E-state index contributed by atoms with van der Waals surface area (Å²) in [5.74, 6) is -1.08. The van der Waals surface area contributed by atoms with Crippen molar-refractivity contribution in [3.63, 3.8) is 0 Å². The van der Waals surface area contributed by atoms with Gasteiger partial charge in [-0.3, -0.25) is 4.79 Å². The smallest absolute Gasteiger partial charge is 0.348 e. The lowest BCUT2D eigenvalue weighted by Gasteiger charge is -2.19. The summed E-state index contributed by atoms with van der Waals surface area (Å²) in [5, 5.41) is 27.9. The van der Waals surface area contributed by atoms with E-state index in [1.165, 1.54) is 15.5 Å². The van der Waals surface area contributed by atoms with Crippen LogP contribution in [-0.4, -0.2) is 42.8 Å². The number of H-pyrrole nitrogens is 1. The molecular formula is C24H21ClN4O4. The summed E-state index contributed by atoms with van der Waals surface area (Å²) < 4.78 is 1.31. The van der Waals surface area contributed by atoms with Crippen LogP contribution in [0.15, 0.2) is 65.5 Å². The highest BCUT2D eigenvalue weighted by Crippen LogP contribution is 2.35. The van der Waals surface area contributed by atoms with Crippen molar-refractivity contribution in [1.29, 1.82) is 0 Å². The maximum absolute atomic E-state index is 13.1. The standard InChI is InChI=1S/C24H21ClN4O4/c1-14-6-3-4-9-19(14)29-22(26-27-24(29)33)17-11-18(21(31)12-20(17)30)23(32)28(2)13-15-7-5-8-16(25)10-15/h3-12,30-31H,13H2,1-2H3,(H,27,33). The van der Waals surface area contributed by atoms with Gasteiger partial charge in [-0.15, -0.1) is 0 Å². The molecule has 3 aromatic carbocycles. The largest absolute Gasteiger partial charge is 0.507 e. The summed E-state index contributed by atoms with van der Waals surface area (Å²) in [7, 11) is 1.59. The molecule has 0 aliphatic rings. The monoisotopic (exact) mass is 464 g/mol. The van der Waals surface area contributed by atoms with E-state index in [2.05, 4.69) is 10.2 Å². The first-order valence-electron chi connectivity index (χ1n) is 10.1. The van der Waals surface area contributed by atoms with Crippen LogP contribution >= 0.6 is 11.6 Å². The van der Waals surface area contributed by atoms with E-state index in [1.807, 2.05) is 25.1 Å². The van der Waals surface area contributed by atoms with E-state index in [0.717, 1.165) is 17.2 Å². The van der Waals surface area contributed by atoms with Crippen LogP contribution in [0.2, 0.25) is 5.02 Å². The number of carbonyl (C=O) groups excluding carboxylic acids is 1. The number of rotatable bonds is 5. The van der Waals surface area contributed by atoms with Gasteiger partial charge in [0, 0.05) is 24.7 Å². The third-order valence-corrected chi connectivity index (χ3v) is 5.50. The Hall–Kier alpha value is -4.04. The molecule has 4 aromatic rings. The summed E-state index contributed by atoms with van der Waals surface area (Å²) in [6, 6.07) is 16.7. The second kappa shape index (κ2) is 8.84. The number of aromatic hydroxyl groups is 2. The Morgan fingerprint density at radius 2 is 1.85 bits per heavy atom. The molecule has 4 rings (SSSR count). The fourth-order valence-corrected chi connectivity index (χ4v) is 3.84. The molecule has 0 saturated heterocycles. The van der Waals surface area contributed by atoms with Crippen molar-refractivity contribution in [1.82, 2.24) is 19.7 Å². The number of hydrogen-bond donors (Lipinski definition) is 3. The van der Waals surface area contributed by atoms with Gasteiger partial charge in [-0.05, 0) is 42.3 Å². The Bertz CT molecular complexity index is 1410. The Labute approximate surface area is 194 Å². The van der Waals surface area contributed by atoms with Gasteiger partial charge in [0.1, 0.15) is 11.5 Å². The molecule has 9 heteroatoms. The van der Waals surface area contributed by atoms with Crippen LogP contribution in [0.25, 0.3) is 17.1 Å². The summed E-state index contributed by atoms with van der Waals surface area (Å²) in [5.41, 5.74) is 1.78. The number of aromatic nitrogens is 3. The maximum atomic E-state index is 13.1. The molecule has 0 aliphatic heterocycles. The van der Waals surface area contributed by atoms with Gasteiger partial charge in [0.15, 0.2) is 5.82 Å². The molecule has 0 radical (unpaired) electrons. The second-order valence-electron chi connectivity index (χ2n) is 7.65. The molecule has 3 N–H and O–H groups in total. The van der Waals surface area contributed by atoms with Crippen molar-refractivity contribution in [2.75, 3.05) is 7.05 Å². The fraction of sp³-hybridized carbons (Fsp3) is 0.125. The number of hydrogen-bond acceptors (Lipinski definition) is 5. The topological polar surface area (TPSA) is 111 Å². The second-order valence-corrected chi connectivity index (χ2v) is 8.09. The zero-order valence-corrected chi connectivity index (χ0v) is 18.7. The van der Waals surface area contributed by atoms with Crippen molar-refractivity contribution in [3.8, 4) is 28.6 Å². The normalized spacial score (nSPS) is 10.9. The Kier molecular flexibility index (Phi) is 5.93. The molecule has 1 aromatic heterocycles. The Morgan fingerprint density at radius 1 is 1.09 bits per heavy atom. The predicted molar refractivity (Wildman–Crippen MR) is 125 cm³/mol. The van der Waals surface area contributed by atoms with Gasteiger partial charge in [0.05, 0.1) is 16.8 Å². The van der Waals surface area contributed by atoms with Crippen molar-refractivity contribution in [2.24, 2.45) is 0 Å². The van der Waals surface area contributed by atoms with Crippen molar-refractivity contribution < 1.29 is 15.0 Å². The van der Waals surface area contributed by atoms with Crippen molar-refractivity contribution in [2.45, 2.75) is 13.5 Å². The number of para-hydroxylation sites is 1. The molecule has 8 nitrogen and oxygen atoms in total. The molecule has 0 atom stereocenters. The van der Waals surface area contributed by atoms with E-state index in [0.29, 0.717) is 10.7 Å². The maximum Gasteiger partial charge on any atom is 0.348 e. The van der Waals surface area contributed by atoms with E-state index in [-0.39, 0.29) is 35.0 Å². The first-order valence-corrected chi connectivity index (χ1v) is 10.4. The molecule has 0 bridgehead atoms. The number of phenols is 2. The van der Waals surface area contributed by atoms with Crippen LogP contribution in [0.3, 0.4) is 0 Å². The average Bonchev–Trinajstić information content (AvgIpc) is 3.14. The summed E-state index contributed by atoms with van der Waals surface area (Å²) in [4.78, 5) is 27.1. The summed E-state index contributed by atoms with van der Waals surface area (Å²) in [6.45, 7) is 2.10. The molecule has 0 spiro atoms. The van der Waals surface area contributed by atoms with Crippen LogP contribution in [0.4, 0.5) is 0 Å². The molecule has 1 amide bonds. The van der Waals surface area contributed by atoms with Gasteiger partial charge in [0.2, 0.25) is 0 Å². The number of halogens is 1. The van der Waals surface area contributed by atoms with Gasteiger partial charge < -0.3 is 15.1 Å². The minimum absolute atomic E-state index is 0.0425. The minimum atomic E-state index is -0.502. The lowest BCUT2D eigenvalue weighted by Crippen LogP contribution is -2.26. The highest BCUT2D eigenvalue weighted by atomic mass is 35.5. The molecule has 0 saturated carbocycles. The van der Waals surface area contributed by atoms with Crippen molar-refractivity contribution >= 4 is 17.5 Å². The molecule has 0 aliphatic carbocycles. The van der Waals surface area contributed by atoms with Gasteiger partial charge in [-0.1, -0.05) is 41.9 Å². The van der Waals surface area contributed by atoms with Gasteiger partial charge >= 0.3 is 5.69 Å². The molecular weight excluding hydrogens is 444 g/mol. The van der Waals surface area contributed by atoms with Gasteiger partial charge in [-0.2, -0.15) is 5.10 Å². The molecule has 0 unspecified atom stereocenters. The third-order valence-electron chi connectivity index (χ3n) is 5.27. The lowest BCUT2D eigenvalue weighted by molar-refractivity contribution is 0.0782. The number of aromatic amines is 1. The highest BCUT2D eigenvalue weighted by Gasteiger charge is 2.23. The van der Waals surface area contributed by atoms with Crippen LogP contribution in [0.1, 0.15) is 21.5 Å². The first kappa shape index (κ1) is 22.2. The van der Waals surface area contributed by atoms with Gasteiger partial charge in [-0.25, -0.2) is 14.5 Å². The summed E-state index contributed by atoms with van der Waals surface area (Å²) in [6.07, 6.45) is 0. The lowest BCUT2D eigenvalue weighted by atomic mass is 10.1.